The summed E-state index contributed by atoms with van der Waals surface area (Å²) in [5.74, 6) is -0.248. The van der Waals surface area contributed by atoms with Crippen molar-refractivity contribution in [3.05, 3.63) is 82.0 Å². The fraction of sp³-hybridized carbons (Fsp3) is 0.379. The van der Waals surface area contributed by atoms with Crippen LogP contribution in [-0.4, -0.2) is 50.8 Å². The zero-order chi connectivity index (χ0) is 29.5. The highest BCUT2D eigenvalue weighted by atomic mass is 35.5. The molecule has 0 unspecified atom stereocenters. The predicted octanol–water partition coefficient (Wildman–Crippen LogP) is 3.63. The lowest BCUT2D eigenvalue weighted by molar-refractivity contribution is -0.121. The van der Waals surface area contributed by atoms with E-state index in [1.54, 1.807) is 25.1 Å². The average molecular weight is 587 g/mol. The first kappa shape index (κ1) is 31.2. The van der Waals surface area contributed by atoms with Crippen molar-refractivity contribution in [2.75, 3.05) is 26.2 Å². The van der Waals surface area contributed by atoms with E-state index in [0.29, 0.717) is 17.0 Å². The van der Waals surface area contributed by atoms with Gasteiger partial charge in [0.2, 0.25) is 15.9 Å². The SMILES string of the molecule is CC1=C(c2cccc(C(C)(C)N(CCCC(=O)NCCN=C(N)N)S(=O)(=O)c3cccc(Cl)c3C)c2)C=CNC1. The van der Waals surface area contributed by atoms with E-state index in [4.69, 9.17) is 23.1 Å². The standard InChI is InChI=1S/C29H39ClN6O3S/c1-20-19-33-14-13-24(20)22-8-5-9-23(18-22)29(3,4)36(17-7-12-27(37)34-15-16-35-28(31)32)40(38,39)26-11-6-10-25(30)21(26)2/h5-6,8-11,13-14,18,33H,7,12,15-17,19H2,1-4H3,(H,34,37)(H4,31,32,35). The van der Waals surface area contributed by atoms with Crippen LogP contribution in [-0.2, 0) is 20.4 Å². The van der Waals surface area contributed by atoms with Crippen LogP contribution in [0.5, 0.6) is 0 Å². The van der Waals surface area contributed by atoms with Gasteiger partial charge in [0.05, 0.1) is 17.0 Å². The highest BCUT2D eigenvalue weighted by Gasteiger charge is 2.39. The number of allylic oxidation sites excluding steroid dienone is 2. The minimum absolute atomic E-state index is 0.0414. The summed E-state index contributed by atoms with van der Waals surface area (Å²) in [6.07, 6.45) is 4.40. The topological polar surface area (TPSA) is 143 Å². The molecule has 0 saturated heterocycles. The van der Waals surface area contributed by atoms with Gasteiger partial charge >= 0.3 is 0 Å². The fourth-order valence-corrected chi connectivity index (χ4v) is 6.97. The molecule has 1 heterocycles. The van der Waals surface area contributed by atoms with Crippen LogP contribution in [0.25, 0.3) is 5.57 Å². The average Bonchev–Trinajstić information content (AvgIpc) is 2.90. The molecule has 3 rings (SSSR count). The van der Waals surface area contributed by atoms with Crippen LogP contribution in [0.15, 0.2) is 70.2 Å². The predicted molar refractivity (Wildman–Crippen MR) is 162 cm³/mol. The van der Waals surface area contributed by atoms with Crippen LogP contribution < -0.4 is 22.1 Å². The lowest BCUT2D eigenvalue weighted by Crippen LogP contribution is -2.46. The van der Waals surface area contributed by atoms with Crippen molar-refractivity contribution < 1.29 is 13.2 Å². The summed E-state index contributed by atoms with van der Waals surface area (Å²) < 4.78 is 29.9. The van der Waals surface area contributed by atoms with E-state index in [9.17, 15) is 13.2 Å². The normalized spacial score (nSPS) is 13.8. The first-order valence-electron chi connectivity index (χ1n) is 13.2. The van der Waals surface area contributed by atoms with E-state index in [1.807, 2.05) is 50.4 Å². The van der Waals surface area contributed by atoms with Gasteiger partial charge in [0, 0.05) is 31.1 Å². The third-order valence-electron chi connectivity index (χ3n) is 6.98. The molecule has 0 saturated carbocycles. The van der Waals surface area contributed by atoms with E-state index in [2.05, 4.69) is 22.5 Å². The number of carbonyl (C=O) groups is 1. The van der Waals surface area contributed by atoms with Gasteiger partial charge < -0.3 is 22.1 Å². The molecule has 0 aliphatic carbocycles. The molecule has 0 radical (unpaired) electrons. The summed E-state index contributed by atoms with van der Waals surface area (Å²) in [6, 6.07) is 12.8. The number of nitrogens with one attached hydrogen (secondary N) is 2. The molecule has 216 valence electrons. The van der Waals surface area contributed by atoms with Crippen molar-refractivity contribution in [3.8, 4) is 0 Å². The van der Waals surface area contributed by atoms with Crippen molar-refractivity contribution in [1.29, 1.82) is 0 Å². The first-order chi connectivity index (χ1) is 18.9. The number of halogens is 1. The molecule has 0 fully saturated rings. The third-order valence-corrected chi connectivity index (χ3v) is 9.60. The Balaban J connectivity index is 1.94. The maximum Gasteiger partial charge on any atom is 0.244 e. The summed E-state index contributed by atoms with van der Waals surface area (Å²) in [5, 5.41) is 6.35. The van der Waals surface area contributed by atoms with Crippen LogP contribution in [0.1, 0.15) is 50.3 Å². The highest BCUT2D eigenvalue weighted by Crippen LogP contribution is 2.37. The van der Waals surface area contributed by atoms with Crippen molar-refractivity contribution in [2.24, 2.45) is 16.5 Å². The van der Waals surface area contributed by atoms with E-state index in [1.165, 1.54) is 9.88 Å². The van der Waals surface area contributed by atoms with Crippen LogP contribution in [0.3, 0.4) is 0 Å². The number of dihydropyridines is 1. The Morgan fingerprint density at radius 2 is 1.90 bits per heavy atom. The van der Waals surface area contributed by atoms with Crippen LogP contribution in [0.4, 0.5) is 0 Å². The van der Waals surface area contributed by atoms with Gasteiger partial charge in [-0.1, -0.05) is 35.9 Å². The van der Waals surface area contributed by atoms with Gasteiger partial charge in [-0.3, -0.25) is 9.79 Å². The monoisotopic (exact) mass is 586 g/mol. The molecule has 1 aliphatic rings. The third kappa shape index (κ3) is 7.44. The van der Waals surface area contributed by atoms with E-state index >= 15 is 0 Å². The second-order valence-electron chi connectivity index (χ2n) is 10.2. The quantitative estimate of drug-likeness (QED) is 0.170. The van der Waals surface area contributed by atoms with Gasteiger partial charge in [0.1, 0.15) is 0 Å². The van der Waals surface area contributed by atoms with Crippen LogP contribution in [0, 0.1) is 6.92 Å². The molecule has 2 aromatic carbocycles. The number of nitrogens with two attached hydrogens (primary N) is 2. The van der Waals surface area contributed by atoms with Gasteiger partial charge in [-0.15, -0.1) is 0 Å². The first-order valence-corrected chi connectivity index (χ1v) is 15.0. The van der Waals surface area contributed by atoms with E-state index in [-0.39, 0.29) is 42.8 Å². The highest BCUT2D eigenvalue weighted by molar-refractivity contribution is 7.89. The Labute approximate surface area is 242 Å². The molecule has 0 atom stereocenters. The number of benzene rings is 2. The molecule has 2 aromatic rings. The number of aliphatic imine (C=N–C) groups is 1. The Morgan fingerprint density at radius 3 is 2.60 bits per heavy atom. The maximum absolute atomic E-state index is 14.2. The summed E-state index contributed by atoms with van der Waals surface area (Å²) in [7, 11) is -4.00. The van der Waals surface area contributed by atoms with Gasteiger partial charge in [-0.2, -0.15) is 4.31 Å². The zero-order valence-corrected chi connectivity index (χ0v) is 25.1. The Hall–Kier alpha value is -3.34. The van der Waals surface area contributed by atoms with Crippen molar-refractivity contribution in [1.82, 2.24) is 14.9 Å². The second kappa shape index (κ2) is 13.3. The molecule has 1 aliphatic heterocycles. The molecule has 9 nitrogen and oxygen atoms in total. The number of carbonyl (C=O) groups excluding carboxylic acids is 1. The lowest BCUT2D eigenvalue weighted by atomic mass is 9.89. The molecule has 40 heavy (non-hydrogen) atoms. The Morgan fingerprint density at radius 1 is 1.18 bits per heavy atom. The summed E-state index contributed by atoms with van der Waals surface area (Å²) >= 11 is 6.32. The van der Waals surface area contributed by atoms with Crippen LogP contribution in [0.2, 0.25) is 5.02 Å². The van der Waals surface area contributed by atoms with Gasteiger partial charge in [-0.05, 0) is 92.4 Å². The number of nitrogens with zero attached hydrogens (tertiary/aromatic N) is 2. The summed E-state index contributed by atoms with van der Waals surface area (Å²) in [5.41, 5.74) is 14.3. The summed E-state index contributed by atoms with van der Waals surface area (Å²) in [4.78, 5) is 16.4. The number of amides is 1. The molecule has 0 bridgehead atoms. The molecule has 0 spiro atoms. The maximum atomic E-state index is 14.2. The largest absolute Gasteiger partial charge is 0.387 e. The number of sulfonamides is 1. The van der Waals surface area contributed by atoms with Gasteiger partial charge in [-0.25, -0.2) is 8.42 Å². The Kier molecular flexibility index (Phi) is 10.4. The fourth-order valence-electron chi connectivity index (χ4n) is 4.68. The Bertz CT molecular complexity index is 1430. The minimum Gasteiger partial charge on any atom is -0.387 e. The summed E-state index contributed by atoms with van der Waals surface area (Å²) in [6.45, 7) is 8.98. The molecular weight excluding hydrogens is 548 g/mol. The van der Waals surface area contributed by atoms with Gasteiger partial charge in [0.25, 0.3) is 0 Å². The number of hydrogen-bond donors (Lipinski definition) is 4. The number of hydrogen-bond acceptors (Lipinski definition) is 5. The lowest BCUT2D eigenvalue weighted by Gasteiger charge is -2.38. The van der Waals surface area contributed by atoms with Crippen LogP contribution >= 0.6 is 11.6 Å². The van der Waals surface area contributed by atoms with Crippen molar-refractivity contribution >= 4 is 39.1 Å². The molecule has 0 aromatic heterocycles. The van der Waals surface area contributed by atoms with Crippen molar-refractivity contribution in [3.63, 3.8) is 0 Å². The molecule has 11 heteroatoms. The molecule has 6 N–H and O–H groups in total. The number of guanidine groups is 1. The van der Waals surface area contributed by atoms with Gasteiger partial charge in [0.15, 0.2) is 5.96 Å². The van der Waals surface area contributed by atoms with Crippen molar-refractivity contribution in [2.45, 2.75) is 51.0 Å². The smallest absolute Gasteiger partial charge is 0.244 e. The molecule has 1 amide bonds. The van der Waals surface area contributed by atoms with E-state index in [0.717, 1.165) is 23.2 Å². The molecular formula is C29H39ClN6O3S. The second-order valence-corrected chi connectivity index (χ2v) is 12.5. The minimum atomic E-state index is -4.00. The number of rotatable bonds is 12. The van der Waals surface area contributed by atoms with E-state index < -0.39 is 15.6 Å². The zero-order valence-electron chi connectivity index (χ0n) is 23.5.